The molecule has 0 aliphatic rings. The van der Waals surface area contributed by atoms with Crippen LogP contribution in [-0.2, 0) is 3.34 Å². The van der Waals surface area contributed by atoms with Crippen LogP contribution in [0, 0.1) is 0 Å². The highest BCUT2D eigenvalue weighted by Gasteiger charge is 2.06. The third kappa shape index (κ3) is 2.99. The summed E-state index contributed by atoms with van der Waals surface area (Å²) in [7, 11) is 0. The van der Waals surface area contributed by atoms with E-state index in [4.69, 9.17) is 11.9 Å². The van der Waals surface area contributed by atoms with Crippen LogP contribution in [0.25, 0.3) is 0 Å². The van der Waals surface area contributed by atoms with E-state index in [0.717, 1.165) is 5.28 Å². The van der Waals surface area contributed by atoms with Gasteiger partial charge in [0.15, 0.2) is 0 Å². The molecule has 0 aliphatic heterocycles. The van der Waals surface area contributed by atoms with Gasteiger partial charge in [-0.1, -0.05) is 18.0 Å². The minimum atomic E-state index is -0.895. The van der Waals surface area contributed by atoms with Gasteiger partial charge in [-0.2, -0.15) is 0 Å². The minimum Gasteiger partial charge on any atom is -0.406 e. The lowest BCUT2D eigenvalue weighted by Gasteiger charge is -1.89. The Bertz CT molecular complexity index is 30.0. The van der Waals surface area contributed by atoms with E-state index in [1.165, 1.54) is 0 Å². The highest BCUT2D eigenvalue weighted by atomic mass is 35.5. The molecule has 0 saturated carbocycles. The molecule has 6 heavy (non-hydrogen) atoms. The summed E-state index contributed by atoms with van der Waals surface area (Å²) in [6.07, 6.45) is 0. The normalized spacial score (nSPS) is 8.50. The van der Waals surface area contributed by atoms with Crippen molar-refractivity contribution in [1.29, 1.82) is 0 Å². The van der Waals surface area contributed by atoms with Crippen LogP contribution in [0.5, 0.6) is 0 Å². The van der Waals surface area contributed by atoms with Crippen molar-refractivity contribution in [2.24, 2.45) is 0 Å². The molecule has 0 aliphatic carbocycles. The van der Waals surface area contributed by atoms with E-state index in [2.05, 4.69) is 16.1 Å². The van der Waals surface area contributed by atoms with Crippen LogP contribution in [0.15, 0.2) is 0 Å². The molecule has 0 amide bonds. The van der Waals surface area contributed by atoms with Gasteiger partial charge in [-0.25, -0.2) is 0 Å². The number of halogens is 1. The van der Waals surface area contributed by atoms with Crippen molar-refractivity contribution in [3.8, 4) is 0 Å². The molecule has 0 bridgehead atoms. The zero-order chi connectivity index (χ0) is 4.99. The lowest BCUT2D eigenvalue weighted by molar-refractivity contribution is 0.641. The largest absolute Gasteiger partial charge is 0.482 e. The minimum absolute atomic E-state index is 0.895. The quantitative estimate of drug-likeness (QED) is 0.508. The standard InChI is InChI=1S/C2H5.CH3.Al.ClO/c1-2;;;1-2/h1H2,2H3;1H3;;/q;;+1;-1. The van der Waals surface area contributed by atoms with Gasteiger partial charge in [0, 0.05) is 11.9 Å². The summed E-state index contributed by atoms with van der Waals surface area (Å²) in [5.41, 5.74) is 0. The van der Waals surface area contributed by atoms with E-state index in [-0.39, 0.29) is 0 Å². The predicted molar refractivity (Wildman–Crippen MR) is 29.0 cm³/mol. The van der Waals surface area contributed by atoms with E-state index in [9.17, 15) is 0 Å². The summed E-state index contributed by atoms with van der Waals surface area (Å²) in [6.45, 7) is 2.08. The second-order valence-electron chi connectivity index (χ2n) is 1.31. The summed E-state index contributed by atoms with van der Waals surface area (Å²) in [5.74, 6) is 2.06. The molecular weight excluding hydrogens is 114 g/mol. The topological polar surface area (TPSA) is 9.23 Å². The molecule has 0 aromatic heterocycles. The van der Waals surface area contributed by atoms with Gasteiger partial charge in [0.25, 0.3) is 0 Å². The predicted octanol–water partition coefficient (Wildman–Crippen LogP) is 1.80. The van der Waals surface area contributed by atoms with Crippen molar-refractivity contribution in [2.45, 2.75) is 18.0 Å². The van der Waals surface area contributed by atoms with Crippen molar-refractivity contribution in [2.75, 3.05) is 0 Å². The first-order valence-electron chi connectivity index (χ1n) is 2.08. The lowest BCUT2D eigenvalue weighted by atomic mass is 11.0. The van der Waals surface area contributed by atoms with E-state index in [0.29, 0.717) is 0 Å². The average molecular weight is 123 g/mol. The Morgan fingerprint density at radius 2 is 2.33 bits per heavy atom. The maximum absolute atomic E-state index is 5.01. The molecular formula is C3H8AlClO. The van der Waals surface area contributed by atoms with Crippen molar-refractivity contribution < 1.29 is 3.34 Å². The van der Waals surface area contributed by atoms with Crippen molar-refractivity contribution >= 4 is 26.3 Å². The second-order valence-corrected chi connectivity index (χ2v) is 4.46. The fourth-order valence-electron chi connectivity index (χ4n) is 0.0630. The van der Waals surface area contributed by atoms with Crippen LogP contribution >= 0.6 is 11.9 Å². The summed E-state index contributed by atoms with van der Waals surface area (Å²) in [4.78, 5) is 0. The van der Waals surface area contributed by atoms with Gasteiger partial charge in [-0.15, -0.1) is 0 Å². The molecule has 0 unspecified atom stereocenters. The number of rotatable bonds is 2. The first-order valence-corrected chi connectivity index (χ1v) is 4.83. The van der Waals surface area contributed by atoms with Gasteiger partial charge in [0.05, 0.1) is 0 Å². The fraction of sp³-hybridized carbons (Fsp3) is 1.00. The fourth-order valence-corrected chi connectivity index (χ4v) is 0.567. The summed E-state index contributed by atoms with van der Waals surface area (Å²) in [6, 6.07) is 0. The molecule has 0 rings (SSSR count). The average Bonchev–Trinajstić information content (AvgIpc) is 1.65. The van der Waals surface area contributed by atoms with Gasteiger partial charge in [0.1, 0.15) is 0 Å². The third-order valence-electron chi connectivity index (χ3n) is 0.727. The molecule has 0 N–H and O–H groups in total. The molecule has 0 radical (unpaired) electrons. The van der Waals surface area contributed by atoms with Gasteiger partial charge in [0.2, 0.25) is 0 Å². The van der Waals surface area contributed by atoms with Gasteiger partial charge in [-0.05, 0) is 0 Å². The Balaban J connectivity index is 2.75. The summed E-state index contributed by atoms with van der Waals surface area (Å²) >= 11 is 4.12. The number of hydrogen-bond acceptors (Lipinski definition) is 1. The molecule has 0 heterocycles. The first kappa shape index (κ1) is 6.78. The molecule has 0 fully saturated rings. The smallest absolute Gasteiger partial charge is 0.406 e. The van der Waals surface area contributed by atoms with E-state index in [1.54, 1.807) is 0 Å². The molecule has 36 valence electrons. The SMILES string of the molecule is C[CH2][Al]([CH3])[O]Cl. The highest BCUT2D eigenvalue weighted by molar-refractivity contribution is 6.54. The Hall–Kier alpha value is 0.782. The Kier molecular flexibility index (Phi) is 4.47. The van der Waals surface area contributed by atoms with Crippen LogP contribution in [0.2, 0.25) is 11.1 Å². The first-order chi connectivity index (χ1) is 2.81. The molecule has 0 atom stereocenters. The molecule has 0 saturated heterocycles. The van der Waals surface area contributed by atoms with Gasteiger partial charge < -0.3 is 3.34 Å². The zero-order valence-corrected chi connectivity index (χ0v) is 5.98. The van der Waals surface area contributed by atoms with E-state index >= 15 is 0 Å². The van der Waals surface area contributed by atoms with Crippen LogP contribution in [-0.4, -0.2) is 14.5 Å². The van der Waals surface area contributed by atoms with E-state index in [1.807, 2.05) is 0 Å². The molecule has 3 heteroatoms. The maximum atomic E-state index is 5.01. The Morgan fingerprint density at radius 1 is 1.83 bits per heavy atom. The monoisotopic (exact) mass is 122 g/mol. The highest BCUT2D eigenvalue weighted by Crippen LogP contribution is 1.93. The Labute approximate surface area is 48.1 Å². The maximum Gasteiger partial charge on any atom is 0.482 e. The summed E-state index contributed by atoms with van der Waals surface area (Å²) in [5, 5.41) is 1.11. The molecule has 0 aromatic rings. The van der Waals surface area contributed by atoms with Crippen LogP contribution in [0.3, 0.4) is 0 Å². The zero-order valence-electron chi connectivity index (χ0n) is 4.07. The number of hydrogen-bond donors (Lipinski definition) is 0. The van der Waals surface area contributed by atoms with Crippen LogP contribution < -0.4 is 0 Å². The van der Waals surface area contributed by atoms with Crippen LogP contribution in [0.1, 0.15) is 6.92 Å². The lowest BCUT2D eigenvalue weighted by Crippen LogP contribution is -2.02. The second kappa shape index (κ2) is 3.96. The molecule has 0 aromatic carbocycles. The van der Waals surface area contributed by atoms with Crippen molar-refractivity contribution in [1.82, 2.24) is 0 Å². The molecule has 0 spiro atoms. The molecule has 1 nitrogen and oxygen atoms in total. The Morgan fingerprint density at radius 3 is 2.33 bits per heavy atom. The van der Waals surface area contributed by atoms with Crippen molar-refractivity contribution in [3.05, 3.63) is 0 Å². The third-order valence-corrected chi connectivity index (χ3v) is 3.09. The van der Waals surface area contributed by atoms with Gasteiger partial charge >= 0.3 is 14.5 Å². The van der Waals surface area contributed by atoms with Crippen LogP contribution in [0.4, 0.5) is 0 Å². The van der Waals surface area contributed by atoms with Crippen molar-refractivity contribution in [3.63, 3.8) is 0 Å². The summed E-state index contributed by atoms with van der Waals surface area (Å²) < 4.78 is 4.51. The van der Waals surface area contributed by atoms with E-state index < -0.39 is 14.5 Å². The van der Waals surface area contributed by atoms with Gasteiger partial charge in [-0.3, -0.25) is 0 Å².